The van der Waals surface area contributed by atoms with Crippen LogP contribution in [0.4, 0.5) is 14.5 Å². The summed E-state index contributed by atoms with van der Waals surface area (Å²) >= 11 is 0. The molecule has 1 saturated carbocycles. The number of halogens is 2. The van der Waals surface area contributed by atoms with Crippen molar-refractivity contribution in [3.05, 3.63) is 47.8 Å². The Balaban J connectivity index is 1.63. The molecule has 1 atom stereocenters. The highest BCUT2D eigenvalue weighted by atomic mass is 19.3. The molecule has 1 aromatic heterocycles. The van der Waals surface area contributed by atoms with Crippen LogP contribution in [0, 0.1) is 5.92 Å². The van der Waals surface area contributed by atoms with E-state index in [2.05, 4.69) is 9.72 Å². The summed E-state index contributed by atoms with van der Waals surface area (Å²) in [6, 6.07) is 7.72. The van der Waals surface area contributed by atoms with Crippen LogP contribution in [0.25, 0.3) is 0 Å². The summed E-state index contributed by atoms with van der Waals surface area (Å²) in [6.45, 7) is 1.41. The molecule has 0 radical (unpaired) electrons. The Kier molecular flexibility index (Phi) is 8.75. The molecule has 2 amide bonds. The maximum atomic E-state index is 13.0. The van der Waals surface area contributed by atoms with Gasteiger partial charge < -0.3 is 29.3 Å². The molecule has 40 heavy (non-hydrogen) atoms. The normalized spacial score (nSPS) is 18.9. The van der Waals surface area contributed by atoms with E-state index in [0.717, 1.165) is 12.8 Å². The monoisotopic (exact) mass is 560 g/mol. The number of carboxylic acids is 1. The van der Waals surface area contributed by atoms with E-state index in [4.69, 9.17) is 4.74 Å². The third-order valence-electron chi connectivity index (χ3n) is 7.38. The van der Waals surface area contributed by atoms with Crippen molar-refractivity contribution < 1.29 is 37.7 Å². The molecule has 4 rings (SSSR count). The van der Waals surface area contributed by atoms with Crippen LogP contribution >= 0.6 is 0 Å². The van der Waals surface area contributed by atoms with E-state index in [0.29, 0.717) is 36.9 Å². The average molecular weight is 561 g/mol. The number of nitrogens with zero attached hydrogens (tertiary/aromatic N) is 4. The van der Waals surface area contributed by atoms with E-state index < -0.39 is 18.1 Å². The van der Waals surface area contributed by atoms with Crippen molar-refractivity contribution in [3.63, 3.8) is 0 Å². The smallest absolute Gasteiger partial charge is 0.387 e. The third kappa shape index (κ3) is 6.43. The van der Waals surface area contributed by atoms with Crippen LogP contribution in [-0.2, 0) is 16.0 Å². The second-order valence-electron chi connectivity index (χ2n) is 10.2. The SMILES string of the molecule is CCN(C)C(=O)c1ccc(CC2(C(=O)O)CN(c3ccc(OC(F)F)c(OCC4CC4)c3)CCN2C(C)=O)cn1. The number of hydrogen-bond acceptors (Lipinski definition) is 7. The summed E-state index contributed by atoms with van der Waals surface area (Å²) in [7, 11) is 1.66. The lowest BCUT2D eigenvalue weighted by molar-refractivity contribution is -0.159. The van der Waals surface area contributed by atoms with Gasteiger partial charge in [0.05, 0.1) is 13.2 Å². The number of anilines is 1. The Hall–Kier alpha value is -3.96. The predicted molar refractivity (Wildman–Crippen MR) is 142 cm³/mol. The van der Waals surface area contributed by atoms with Crippen molar-refractivity contribution in [2.75, 3.05) is 44.7 Å². The fourth-order valence-corrected chi connectivity index (χ4v) is 4.83. The number of carboxylic acid groups (broad SMARTS) is 1. The van der Waals surface area contributed by atoms with Gasteiger partial charge in [0, 0.05) is 58.0 Å². The molecule has 1 N–H and O–H groups in total. The number of pyridine rings is 1. The molecule has 2 aromatic rings. The Labute approximate surface area is 231 Å². The number of rotatable bonds is 11. The number of carbonyl (C=O) groups excluding carboxylic acids is 2. The Morgan fingerprint density at radius 2 is 1.93 bits per heavy atom. The quantitative estimate of drug-likeness (QED) is 0.446. The van der Waals surface area contributed by atoms with E-state index in [1.165, 1.54) is 29.0 Å². The van der Waals surface area contributed by atoms with Gasteiger partial charge in [-0.1, -0.05) is 6.07 Å². The fraction of sp³-hybridized carbons (Fsp3) is 0.500. The van der Waals surface area contributed by atoms with Crippen LogP contribution in [0.1, 0.15) is 42.7 Å². The molecule has 2 aliphatic rings. The van der Waals surface area contributed by atoms with Gasteiger partial charge in [-0.25, -0.2) is 4.79 Å². The van der Waals surface area contributed by atoms with E-state index >= 15 is 0 Å². The molecule has 0 bridgehead atoms. The lowest BCUT2D eigenvalue weighted by Gasteiger charge is -2.48. The van der Waals surface area contributed by atoms with Gasteiger partial charge in [0.25, 0.3) is 5.91 Å². The van der Waals surface area contributed by atoms with Gasteiger partial charge in [-0.3, -0.25) is 14.6 Å². The molecular formula is C28H34F2N4O6. The second-order valence-corrected chi connectivity index (χ2v) is 10.2. The van der Waals surface area contributed by atoms with E-state index in [-0.39, 0.29) is 48.5 Å². The van der Waals surface area contributed by atoms with Gasteiger partial charge in [-0.2, -0.15) is 8.78 Å². The van der Waals surface area contributed by atoms with Crippen LogP contribution in [0.2, 0.25) is 0 Å². The molecule has 1 unspecified atom stereocenters. The highest BCUT2D eigenvalue weighted by molar-refractivity contribution is 5.92. The number of aliphatic carboxylic acids is 1. The second kappa shape index (κ2) is 12.1. The number of alkyl halides is 2. The summed E-state index contributed by atoms with van der Waals surface area (Å²) < 4.78 is 36.4. The summed E-state index contributed by atoms with van der Waals surface area (Å²) in [5, 5.41) is 10.5. The number of hydrogen-bond donors (Lipinski definition) is 1. The van der Waals surface area contributed by atoms with Crippen molar-refractivity contribution in [1.82, 2.24) is 14.8 Å². The lowest BCUT2D eigenvalue weighted by Crippen LogP contribution is -2.68. The highest BCUT2D eigenvalue weighted by Gasteiger charge is 2.50. The minimum atomic E-state index is -3.02. The molecule has 1 aromatic carbocycles. The van der Waals surface area contributed by atoms with E-state index in [9.17, 15) is 28.3 Å². The predicted octanol–water partition coefficient (Wildman–Crippen LogP) is 3.30. The first-order chi connectivity index (χ1) is 19.0. The molecule has 2 fully saturated rings. The minimum absolute atomic E-state index is 0.0544. The minimum Gasteiger partial charge on any atom is -0.489 e. The zero-order valence-electron chi connectivity index (χ0n) is 22.8. The molecule has 216 valence electrons. The Bertz CT molecular complexity index is 1240. The summed E-state index contributed by atoms with van der Waals surface area (Å²) in [5.41, 5.74) is -0.315. The molecule has 12 heteroatoms. The van der Waals surface area contributed by atoms with E-state index in [1.54, 1.807) is 36.2 Å². The molecule has 1 aliphatic carbocycles. The topological polar surface area (TPSA) is 113 Å². The van der Waals surface area contributed by atoms with Gasteiger partial charge in [0.1, 0.15) is 5.69 Å². The third-order valence-corrected chi connectivity index (χ3v) is 7.38. The van der Waals surface area contributed by atoms with Crippen LogP contribution in [0.15, 0.2) is 36.5 Å². The maximum Gasteiger partial charge on any atom is 0.387 e. The summed E-state index contributed by atoms with van der Waals surface area (Å²) in [5.74, 6) is -1.40. The number of amides is 2. The maximum absolute atomic E-state index is 13.0. The van der Waals surface area contributed by atoms with Gasteiger partial charge in [-0.05, 0) is 49.4 Å². The van der Waals surface area contributed by atoms with Crippen LogP contribution < -0.4 is 14.4 Å². The van der Waals surface area contributed by atoms with Gasteiger partial charge >= 0.3 is 12.6 Å². The fourth-order valence-electron chi connectivity index (χ4n) is 4.83. The number of piperazine rings is 1. The molecule has 0 spiro atoms. The van der Waals surface area contributed by atoms with Gasteiger partial charge in [-0.15, -0.1) is 0 Å². The summed E-state index contributed by atoms with van der Waals surface area (Å²) in [6.07, 6.45) is 3.43. The zero-order chi connectivity index (χ0) is 29.0. The van der Waals surface area contributed by atoms with Crippen LogP contribution in [-0.4, -0.2) is 89.7 Å². The molecule has 10 nitrogen and oxygen atoms in total. The van der Waals surface area contributed by atoms with Crippen molar-refractivity contribution in [3.8, 4) is 11.5 Å². The first-order valence-corrected chi connectivity index (χ1v) is 13.2. The van der Waals surface area contributed by atoms with Crippen molar-refractivity contribution >= 4 is 23.5 Å². The number of ether oxygens (including phenoxy) is 2. The average Bonchev–Trinajstić information content (AvgIpc) is 3.76. The largest absolute Gasteiger partial charge is 0.489 e. The zero-order valence-corrected chi connectivity index (χ0v) is 22.8. The molecule has 1 saturated heterocycles. The number of aromatic nitrogens is 1. The number of benzene rings is 1. The van der Waals surface area contributed by atoms with Crippen molar-refractivity contribution in [2.45, 2.75) is 45.3 Å². The van der Waals surface area contributed by atoms with Crippen LogP contribution in [0.5, 0.6) is 11.5 Å². The van der Waals surface area contributed by atoms with Gasteiger partial charge in [0.15, 0.2) is 17.0 Å². The first kappa shape index (κ1) is 29.0. The van der Waals surface area contributed by atoms with Gasteiger partial charge in [0.2, 0.25) is 5.91 Å². The highest BCUT2D eigenvalue weighted by Crippen LogP contribution is 2.38. The first-order valence-electron chi connectivity index (χ1n) is 13.2. The molecular weight excluding hydrogens is 526 g/mol. The molecule has 1 aliphatic heterocycles. The van der Waals surface area contributed by atoms with E-state index in [1.807, 2.05) is 6.92 Å². The Morgan fingerprint density at radius 3 is 2.50 bits per heavy atom. The standard InChI is InChI=1S/C28H34F2N4O6/c1-4-32(3)25(36)22-9-7-20(15-31-22)14-28(26(37)38)17-33(11-12-34(28)18(2)35)21-8-10-23(40-27(29)30)24(13-21)39-16-19-5-6-19/h7-10,13,15,19,27H,4-6,11-12,14,16-17H2,1-3H3,(H,37,38). The molecule has 2 heterocycles. The van der Waals surface area contributed by atoms with Crippen LogP contribution in [0.3, 0.4) is 0 Å². The van der Waals surface area contributed by atoms with Crippen molar-refractivity contribution in [1.29, 1.82) is 0 Å². The Morgan fingerprint density at radius 1 is 1.18 bits per heavy atom. The lowest BCUT2D eigenvalue weighted by atomic mass is 9.86. The summed E-state index contributed by atoms with van der Waals surface area (Å²) in [4.78, 5) is 46.8. The number of carbonyl (C=O) groups is 3. The van der Waals surface area contributed by atoms with Crippen molar-refractivity contribution in [2.24, 2.45) is 5.92 Å².